The van der Waals surface area contributed by atoms with Gasteiger partial charge in [0.1, 0.15) is 5.92 Å². The summed E-state index contributed by atoms with van der Waals surface area (Å²) in [6, 6.07) is 14.6. The van der Waals surface area contributed by atoms with Crippen LogP contribution in [0.25, 0.3) is 0 Å². The maximum absolute atomic E-state index is 14.5. The van der Waals surface area contributed by atoms with Gasteiger partial charge in [-0.05, 0) is 73.6 Å². The Morgan fingerprint density at radius 3 is 2.51 bits per heavy atom. The van der Waals surface area contributed by atoms with Crippen molar-refractivity contribution in [2.24, 2.45) is 11.8 Å². The van der Waals surface area contributed by atoms with Crippen molar-refractivity contribution in [3.8, 4) is 0 Å². The Morgan fingerprint density at radius 1 is 1.03 bits per heavy atom. The van der Waals surface area contributed by atoms with Crippen LogP contribution >= 0.6 is 11.6 Å². The summed E-state index contributed by atoms with van der Waals surface area (Å²) in [6.45, 7) is 2.41. The lowest BCUT2D eigenvalue weighted by molar-refractivity contribution is -0.640. The molecule has 6 rings (SSSR count). The lowest BCUT2D eigenvalue weighted by atomic mass is 9.64. The number of aromatic amines is 1. The van der Waals surface area contributed by atoms with E-state index in [2.05, 4.69) is 45.5 Å². The number of nitrogens with two attached hydrogens (primary N) is 1. The fraction of sp³-hybridized carbons (Fsp3) is 0.600. The Hall–Kier alpha value is -1.47. The Kier molecular flexibility index (Phi) is 9.52. The van der Waals surface area contributed by atoms with E-state index in [0.29, 0.717) is 30.5 Å². The predicted molar refractivity (Wildman–Crippen MR) is 139 cm³/mol. The molecule has 2 aromatic rings. The molecule has 3 fully saturated rings. The zero-order chi connectivity index (χ0) is 25.6. The zero-order valence-electron chi connectivity index (χ0n) is 22.2. The van der Waals surface area contributed by atoms with Gasteiger partial charge in [0, 0.05) is 43.5 Å². The molecule has 1 aromatic heterocycles. The number of hydrogen-bond donors (Lipinski definition) is 1. The maximum atomic E-state index is 14.5. The average molecular weight is 601 g/mol. The molecule has 1 saturated carbocycles. The number of aryl methyl sites for hydroxylation is 1. The SMILES string of the molecule is O=C([C@@H]1C[NH2+]C[C@]12CCCc1[nH+]c(Cl)ccc12)N1CC[C@H](c2ccccc2)C[C@H]1C1CCC(F)(F)CC1.[Cl-].[Cl-]. The number of fused-ring (bicyclic) bond motifs is 2. The summed E-state index contributed by atoms with van der Waals surface area (Å²) < 4.78 is 28.2. The molecule has 2 saturated heterocycles. The van der Waals surface area contributed by atoms with Crippen LogP contribution in [-0.4, -0.2) is 42.4 Å². The van der Waals surface area contributed by atoms with Gasteiger partial charge >= 0.3 is 0 Å². The van der Waals surface area contributed by atoms with Crippen LogP contribution in [0.2, 0.25) is 5.15 Å². The molecule has 0 unspecified atom stereocenters. The fourth-order valence-electron chi connectivity index (χ4n) is 8.07. The van der Waals surface area contributed by atoms with Gasteiger partial charge in [-0.15, -0.1) is 0 Å². The van der Waals surface area contributed by atoms with Crippen LogP contribution < -0.4 is 35.1 Å². The summed E-state index contributed by atoms with van der Waals surface area (Å²) in [5.74, 6) is -1.91. The van der Waals surface area contributed by atoms with E-state index in [1.54, 1.807) is 0 Å². The summed E-state index contributed by atoms with van der Waals surface area (Å²) in [7, 11) is 0. The molecule has 0 bridgehead atoms. The van der Waals surface area contributed by atoms with Crippen LogP contribution in [0, 0.1) is 11.8 Å². The number of halogens is 5. The number of aromatic nitrogens is 1. The quantitative estimate of drug-likeness (QED) is 0.430. The average Bonchev–Trinajstić information content (AvgIpc) is 3.32. The summed E-state index contributed by atoms with van der Waals surface area (Å²) in [5.41, 5.74) is 3.54. The van der Waals surface area contributed by atoms with Crippen molar-refractivity contribution in [3.05, 3.63) is 64.4 Å². The number of carbonyl (C=O) groups excluding carboxylic acids is 1. The van der Waals surface area contributed by atoms with E-state index in [1.165, 1.54) is 16.8 Å². The lowest BCUT2D eigenvalue weighted by Gasteiger charge is -2.47. The monoisotopic (exact) mass is 599 g/mol. The molecule has 1 aromatic carbocycles. The molecule has 39 heavy (non-hydrogen) atoms. The molecule has 3 N–H and O–H groups in total. The first-order valence-corrected chi connectivity index (χ1v) is 14.5. The second-order valence-corrected chi connectivity index (χ2v) is 12.3. The lowest BCUT2D eigenvalue weighted by Crippen LogP contribution is -3.00. The largest absolute Gasteiger partial charge is 1.00 e. The molecule has 9 heteroatoms. The van der Waals surface area contributed by atoms with Crippen LogP contribution in [0.1, 0.15) is 74.1 Å². The predicted octanol–water partition coefficient (Wildman–Crippen LogP) is -1.47. The minimum absolute atomic E-state index is 0. The third-order valence-electron chi connectivity index (χ3n) is 9.96. The second-order valence-electron chi connectivity index (χ2n) is 11.9. The van der Waals surface area contributed by atoms with Crippen molar-refractivity contribution in [2.75, 3.05) is 19.6 Å². The van der Waals surface area contributed by atoms with Crippen molar-refractivity contribution in [3.63, 3.8) is 0 Å². The van der Waals surface area contributed by atoms with Crippen LogP contribution in [0.4, 0.5) is 8.78 Å². The van der Waals surface area contributed by atoms with Crippen molar-refractivity contribution in [2.45, 2.75) is 81.1 Å². The van der Waals surface area contributed by atoms with E-state index in [4.69, 9.17) is 11.6 Å². The molecule has 2 aliphatic carbocycles. The number of nitrogens with zero attached hydrogens (tertiary/aromatic N) is 1. The van der Waals surface area contributed by atoms with Crippen LogP contribution in [0.3, 0.4) is 0 Å². The molecular formula is C30H38Cl3F2N3O. The number of benzene rings is 1. The number of amides is 1. The van der Waals surface area contributed by atoms with Gasteiger partial charge in [-0.3, -0.25) is 4.79 Å². The summed E-state index contributed by atoms with van der Waals surface area (Å²) in [6.07, 6.45) is 5.69. The van der Waals surface area contributed by atoms with E-state index >= 15 is 0 Å². The van der Waals surface area contributed by atoms with Crippen LogP contribution in [-0.2, 0) is 16.6 Å². The fourth-order valence-corrected chi connectivity index (χ4v) is 8.25. The molecule has 3 heterocycles. The van der Waals surface area contributed by atoms with E-state index < -0.39 is 5.92 Å². The number of carbonyl (C=O) groups is 1. The first-order valence-electron chi connectivity index (χ1n) is 14.1. The number of alkyl halides is 2. The molecule has 4 aliphatic rings. The Balaban J connectivity index is 0.00000176. The molecule has 4 atom stereocenters. The second kappa shape index (κ2) is 12.2. The van der Waals surface area contributed by atoms with Gasteiger partial charge in [-0.25, -0.2) is 8.78 Å². The first-order chi connectivity index (χ1) is 17.9. The first kappa shape index (κ1) is 30.5. The number of likely N-dealkylation sites (tertiary alicyclic amines) is 1. The van der Waals surface area contributed by atoms with Crippen molar-refractivity contribution in [1.29, 1.82) is 0 Å². The number of pyridine rings is 1. The van der Waals surface area contributed by atoms with Crippen molar-refractivity contribution in [1.82, 2.24) is 4.90 Å². The van der Waals surface area contributed by atoms with Gasteiger partial charge in [0.25, 0.3) is 5.15 Å². The minimum atomic E-state index is -2.56. The zero-order valence-corrected chi connectivity index (χ0v) is 24.4. The summed E-state index contributed by atoms with van der Waals surface area (Å²) >= 11 is 6.29. The highest BCUT2D eigenvalue weighted by molar-refractivity contribution is 6.28. The molecule has 1 amide bonds. The van der Waals surface area contributed by atoms with Gasteiger partial charge in [0.05, 0.1) is 18.5 Å². The smallest absolute Gasteiger partial charge is 0.273 e. The highest BCUT2D eigenvalue weighted by atomic mass is 35.5. The highest BCUT2D eigenvalue weighted by Crippen LogP contribution is 2.47. The molecule has 214 valence electrons. The molecule has 2 aliphatic heterocycles. The van der Waals surface area contributed by atoms with Crippen molar-refractivity contribution < 1.29 is 48.7 Å². The number of nitrogens with one attached hydrogen (secondary N) is 1. The van der Waals surface area contributed by atoms with Crippen LogP contribution in [0.15, 0.2) is 42.5 Å². The number of hydrogen-bond acceptors (Lipinski definition) is 1. The Labute approximate surface area is 247 Å². The molecule has 4 nitrogen and oxygen atoms in total. The summed E-state index contributed by atoms with van der Waals surface area (Å²) in [5, 5.41) is 2.94. The van der Waals surface area contributed by atoms with E-state index in [0.717, 1.165) is 45.2 Å². The summed E-state index contributed by atoms with van der Waals surface area (Å²) in [4.78, 5) is 20.0. The van der Waals surface area contributed by atoms with Crippen LogP contribution in [0.5, 0.6) is 0 Å². The third-order valence-corrected chi connectivity index (χ3v) is 10.2. The van der Waals surface area contributed by atoms with Crippen molar-refractivity contribution >= 4 is 17.5 Å². The highest BCUT2D eigenvalue weighted by Gasteiger charge is 2.56. The third kappa shape index (κ3) is 5.82. The molecule has 1 spiro atoms. The van der Waals surface area contributed by atoms with Gasteiger partial charge in [-0.2, -0.15) is 4.98 Å². The Morgan fingerprint density at radius 2 is 1.77 bits per heavy atom. The minimum Gasteiger partial charge on any atom is -1.00 e. The maximum Gasteiger partial charge on any atom is 0.273 e. The van der Waals surface area contributed by atoms with Gasteiger partial charge in [-0.1, -0.05) is 30.3 Å². The number of piperidine rings is 1. The molecular weight excluding hydrogens is 563 g/mol. The van der Waals surface area contributed by atoms with Gasteiger partial charge in [0.2, 0.25) is 11.8 Å². The topological polar surface area (TPSA) is 51.1 Å². The van der Waals surface area contributed by atoms with E-state index in [9.17, 15) is 13.6 Å². The number of rotatable bonds is 3. The number of quaternary nitrogens is 1. The van der Waals surface area contributed by atoms with Gasteiger partial charge in [0.15, 0.2) is 5.69 Å². The Bertz CT molecular complexity index is 1140. The molecule has 0 radical (unpaired) electrons. The number of H-pyrrole nitrogens is 1. The van der Waals surface area contributed by atoms with E-state index in [1.807, 2.05) is 12.1 Å². The van der Waals surface area contributed by atoms with Gasteiger partial charge < -0.3 is 35.0 Å². The normalized spacial score (nSPS) is 30.2. The standard InChI is InChI=1S/C30H36ClF2N3O.2ClH/c31-27-9-8-23-25(35-27)7-4-13-29(23)19-34-18-24(29)28(37)36-16-12-22(20-5-2-1-3-6-20)17-26(36)21-10-14-30(32,33)15-11-21;;/h1-3,5-6,8-9,21-22,24,26,34H,4,7,10-19H2;2*1H/t22-,24-,26-,29-;;/m0../s1. The van der Waals surface area contributed by atoms with E-state index in [-0.39, 0.29) is 66.9 Å².